The van der Waals surface area contributed by atoms with E-state index in [9.17, 15) is 15.8 Å². The van der Waals surface area contributed by atoms with Crippen LogP contribution < -0.4 is 0 Å². The third kappa shape index (κ3) is 4.72. The molecule has 0 fully saturated rings. The van der Waals surface area contributed by atoms with E-state index >= 15 is 13.2 Å². The first-order chi connectivity index (χ1) is 22.3. The first-order valence-corrected chi connectivity index (χ1v) is 13.9. The summed E-state index contributed by atoms with van der Waals surface area (Å²) in [5, 5.41) is 28.8. The van der Waals surface area contributed by atoms with Crippen molar-refractivity contribution in [1.82, 2.24) is 15.0 Å². The lowest BCUT2D eigenvalue weighted by Crippen LogP contribution is -2.09. The summed E-state index contributed by atoms with van der Waals surface area (Å²) < 4.78 is 45.1. The highest BCUT2D eigenvalue weighted by Gasteiger charge is 2.36. The van der Waals surface area contributed by atoms with Gasteiger partial charge in [0.1, 0.15) is 0 Å². The Labute approximate surface area is 259 Å². The number of rotatable bonds is 3. The standard InChI is InChI=1S/C37H17F3N6/c38-37(39,40)28-17-30-36(31-27-6-1-2-7-29(27)44-33(32(28)31)26-5-3-4-23(16-26)20-43)46-35(25-14-10-22(19-42)11-15-25)34(45-30)24-12-8-21(18-41)9-13-24/h1-17H. The molecule has 0 aliphatic heterocycles. The van der Waals surface area contributed by atoms with Crippen LogP contribution in [0.1, 0.15) is 22.3 Å². The topological polar surface area (TPSA) is 110 Å². The molecule has 0 spiro atoms. The molecule has 2 heterocycles. The van der Waals surface area contributed by atoms with Crippen LogP contribution in [-0.4, -0.2) is 15.0 Å². The van der Waals surface area contributed by atoms with Crippen LogP contribution in [0.25, 0.3) is 66.5 Å². The number of para-hydroxylation sites is 1. The molecule has 0 saturated carbocycles. The molecule has 0 aliphatic carbocycles. The summed E-state index contributed by atoms with van der Waals surface area (Å²) in [6, 6.07) is 33.7. The van der Waals surface area contributed by atoms with Crippen molar-refractivity contribution in [2.75, 3.05) is 0 Å². The number of fused-ring (bicyclic) bond motifs is 5. The van der Waals surface area contributed by atoms with Crippen molar-refractivity contribution in [2.24, 2.45) is 0 Å². The molecule has 0 saturated heterocycles. The molecule has 0 unspecified atom stereocenters. The van der Waals surface area contributed by atoms with Crippen molar-refractivity contribution in [3.63, 3.8) is 0 Å². The molecule has 5 aromatic carbocycles. The quantitative estimate of drug-likeness (QED) is 0.187. The summed E-state index contributed by atoms with van der Waals surface area (Å²) in [6.45, 7) is 0. The SMILES string of the molecule is N#Cc1ccc(-c2nc3cc(C(F)(F)F)c4c(-c5cccc(C#N)c5)nc5ccccc5c4c3nc2-c2ccc(C#N)cc2)cc1. The monoisotopic (exact) mass is 602 g/mol. The van der Waals surface area contributed by atoms with Crippen LogP contribution in [0.15, 0.2) is 103 Å². The number of hydrogen-bond acceptors (Lipinski definition) is 6. The third-order valence-electron chi connectivity index (χ3n) is 7.75. The molecular formula is C37H17F3N6. The molecule has 7 aromatic rings. The molecule has 0 radical (unpaired) electrons. The second-order valence-corrected chi connectivity index (χ2v) is 10.5. The average molecular weight is 603 g/mol. The smallest absolute Gasteiger partial charge is 0.247 e. The van der Waals surface area contributed by atoms with Gasteiger partial charge in [0, 0.05) is 32.8 Å². The van der Waals surface area contributed by atoms with Gasteiger partial charge < -0.3 is 0 Å². The normalized spacial score (nSPS) is 11.3. The van der Waals surface area contributed by atoms with Crippen molar-refractivity contribution >= 4 is 32.7 Å². The zero-order valence-electron chi connectivity index (χ0n) is 23.6. The summed E-state index contributed by atoms with van der Waals surface area (Å²) in [5.41, 5.74) is 3.16. The second-order valence-electron chi connectivity index (χ2n) is 10.5. The van der Waals surface area contributed by atoms with Gasteiger partial charge in [0.05, 0.1) is 74.1 Å². The largest absolute Gasteiger partial charge is 0.417 e. The van der Waals surface area contributed by atoms with Gasteiger partial charge in [-0.05, 0) is 48.5 Å². The zero-order valence-corrected chi connectivity index (χ0v) is 23.6. The Hall–Kier alpha value is -6.63. The van der Waals surface area contributed by atoms with Gasteiger partial charge in [0.2, 0.25) is 0 Å². The van der Waals surface area contributed by atoms with Crippen molar-refractivity contribution in [2.45, 2.75) is 6.18 Å². The number of nitriles is 3. The molecular weight excluding hydrogens is 585 g/mol. The summed E-state index contributed by atoms with van der Waals surface area (Å²) in [6.07, 6.45) is -4.79. The van der Waals surface area contributed by atoms with Crippen LogP contribution in [0.3, 0.4) is 0 Å². The fourth-order valence-corrected chi connectivity index (χ4v) is 5.64. The number of pyridine rings is 1. The maximum absolute atomic E-state index is 15.0. The first kappa shape index (κ1) is 28.2. The fourth-order valence-electron chi connectivity index (χ4n) is 5.64. The van der Waals surface area contributed by atoms with Crippen molar-refractivity contribution in [3.8, 4) is 52.0 Å². The van der Waals surface area contributed by atoms with E-state index in [2.05, 4.69) is 12.1 Å². The third-order valence-corrected chi connectivity index (χ3v) is 7.75. The number of alkyl halides is 3. The molecule has 7 rings (SSSR count). The molecule has 216 valence electrons. The number of benzene rings is 5. The molecule has 0 atom stereocenters. The first-order valence-electron chi connectivity index (χ1n) is 13.9. The minimum Gasteiger partial charge on any atom is -0.247 e. The maximum Gasteiger partial charge on any atom is 0.417 e. The maximum atomic E-state index is 15.0. The van der Waals surface area contributed by atoms with Gasteiger partial charge in [0.15, 0.2) is 0 Å². The van der Waals surface area contributed by atoms with E-state index in [1.165, 1.54) is 6.07 Å². The van der Waals surface area contributed by atoms with Gasteiger partial charge in [-0.15, -0.1) is 0 Å². The predicted octanol–water partition coefficient (Wildman–Crippen LogP) is 8.97. The van der Waals surface area contributed by atoms with E-state index < -0.39 is 11.7 Å². The highest BCUT2D eigenvalue weighted by molar-refractivity contribution is 6.22. The molecule has 0 amide bonds. The zero-order chi connectivity index (χ0) is 32.0. The Kier molecular flexibility index (Phi) is 6.62. The van der Waals surface area contributed by atoms with Gasteiger partial charge in [-0.1, -0.05) is 54.6 Å². The minimum atomic E-state index is -4.79. The van der Waals surface area contributed by atoms with Crippen molar-refractivity contribution < 1.29 is 13.2 Å². The Morgan fingerprint density at radius 3 is 1.70 bits per heavy atom. The van der Waals surface area contributed by atoms with E-state index in [4.69, 9.17) is 15.0 Å². The van der Waals surface area contributed by atoms with Crippen LogP contribution in [0, 0.1) is 34.0 Å². The molecule has 9 heteroatoms. The van der Waals surface area contributed by atoms with E-state index in [1.54, 1.807) is 91.0 Å². The van der Waals surface area contributed by atoms with Crippen molar-refractivity contribution in [3.05, 3.63) is 125 Å². The van der Waals surface area contributed by atoms with Crippen LogP contribution in [0.2, 0.25) is 0 Å². The van der Waals surface area contributed by atoms with E-state index in [0.717, 1.165) is 6.07 Å². The molecule has 0 N–H and O–H groups in total. The van der Waals surface area contributed by atoms with E-state index in [-0.39, 0.29) is 33.1 Å². The molecule has 6 nitrogen and oxygen atoms in total. The predicted molar refractivity (Wildman–Crippen MR) is 168 cm³/mol. The lowest BCUT2D eigenvalue weighted by molar-refractivity contribution is -0.136. The van der Waals surface area contributed by atoms with Gasteiger partial charge in [-0.25, -0.2) is 15.0 Å². The summed E-state index contributed by atoms with van der Waals surface area (Å²) >= 11 is 0. The van der Waals surface area contributed by atoms with Crippen LogP contribution in [0.5, 0.6) is 0 Å². The average Bonchev–Trinajstić information content (AvgIpc) is 3.09. The Bertz CT molecular complexity index is 2480. The van der Waals surface area contributed by atoms with Gasteiger partial charge in [0.25, 0.3) is 0 Å². The molecule has 0 bridgehead atoms. The van der Waals surface area contributed by atoms with Gasteiger partial charge >= 0.3 is 6.18 Å². The Morgan fingerprint density at radius 1 is 0.500 bits per heavy atom. The fraction of sp³-hybridized carbons (Fsp3) is 0.0270. The van der Waals surface area contributed by atoms with Crippen LogP contribution >= 0.6 is 0 Å². The molecule has 2 aromatic heterocycles. The Balaban J connectivity index is 1.68. The minimum absolute atomic E-state index is 0.0182. The molecule has 46 heavy (non-hydrogen) atoms. The van der Waals surface area contributed by atoms with E-state index in [0.29, 0.717) is 50.1 Å². The highest BCUT2D eigenvalue weighted by Crippen LogP contribution is 2.45. The Morgan fingerprint density at radius 2 is 1.09 bits per heavy atom. The number of aromatic nitrogens is 3. The highest BCUT2D eigenvalue weighted by atomic mass is 19.4. The van der Waals surface area contributed by atoms with Gasteiger partial charge in [-0.2, -0.15) is 29.0 Å². The second kappa shape index (κ2) is 10.8. The van der Waals surface area contributed by atoms with Crippen molar-refractivity contribution in [1.29, 1.82) is 15.8 Å². The lowest BCUT2D eigenvalue weighted by Gasteiger charge is -2.19. The lowest BCUT2D eigenvalue weighted by atomic mass is 9.93. The number of nitrogens with zero attached hydrogens (tertiary/aromatic N) is 6. The summed E-state index contributed by atoms with van der Waals surface area (Å²) in [4.78, 5) is 14.5. The number of halogens is 3. The van der Waals surface area contributed by atoms with Crippen LogP contribution in [0.4, 0.5) is 13.2 Å². The summed E-state index contributed by atoms with van der Waals surface area (Å²) in [7, 11) is 0. The van der Waals surface area contributed by atoms with E-state index in [1.807, 2.05) is 6.07 Å². The number of hydrogen-bond donors (Lipinski definition) is 0. The molecule has 0 aliphatic rings. The van der Waals surface area contributed by atoms with Gasteiger partial charge in [-0.3, -0.25) is 0 Å². The summed E-state index contributed by atoms with van der Waals surface area (Å²) in [5.74, 6) is 0. The van der Waals surface area contributed by atoms with Crippen LogP contribution in [-0.2, 0) is 6.18 Å².